The molecule has 0 spiro atoms. The van der Waals surface area contributed by atoms with Crippen molar-refractivity contribution >= 4 is 17.6 Å². The molecule has 102 valence electrons. The second kappa shape index (κ2) is 4.57. The molecule has 0 radical (unpaired) electrons. The molecule has 1 unspecified atom stereocenters. The summed E-state index contributed by atoms with van der Waals surface area (Å²) in [7, 11) is 0. The Morgan fingerprint density at radius 1 is 1.47 bits per heavy atom. The first-order valence-corrected chi connectivity index (χ1v) is 6.16. The normalized spacial score (nSPS) is 18.6. The Hall–Kier alpha value is -2.04. The highest BCUT2D eigenvalue weighted by atomic mass is 16.4. The highest BCUT2D eigenvalue weighted by Gasteiger charge is 2.36. The van der Waals surface area contributed by atoms with Crippen molar-refractivity contribution in [3.63, 3.8) is 0 Å². The van der Waals surface area contributed by atoms with Gasteiger partial charge in [-0.1, -0.05) is 6.07 Å². The average molecular weight is 263 g/mol. The number of hydrogen-bond acceptors (Lipinski definition) is 3. The van der Waals surface area contributed by atoms with Gasteiger partial charge >= 0.3 is 5.97 Å². The van der Waals surface area contributed by atoms with E-state index in [0.29, 0.717) is 12.1 Å². The van der Waals surface area contributed by atoms with Crippen LogP contribution in [-0.2, 0) is 16.0 Å². The summed E-state index contributed by atoms with van der Waals surface area (Å²) in [6.07, 6.45) is 0.784. The number of carboxylic acid groups (broad SMARTS) is 1. The fraction of sp³-hybridized carbons (Fsp3) is 0.429. The molecule has 3 N–H and O–H groups in total. The quantitative estimate of drug-likeness (QED) is 0.778. The number of phenols is 1. The van der Waals surface area contributed by atoms with Crippen LogP contribution in [-0.4, -0.2) is 22.1 Å². The third kappa shape index (κ3) is 2.70. The predicted octanol–water partition coefficient (Wildman–Crippen LogP) is 2.00. The average Bonchev–Trinajstić information content (AvgIpc) is 2.30. The lowest BCUT2D eigenvalue weighted by atomic mass is 9.78. The van der Waals surface area contributed by atoms with Crippen molar-refractivity contribution < 1.29 is 19.8 Å². The molecule has 1 aliphatic heterocycles. The first kappa shape index (κ1) is 13.4. The number of aromatic hydroxyl groups is 1. The van der Waals surface area contributed by atoms with Crippen LogP contribution in [0.1, 0.15) is 25.8 Å². The SMILES string of the molecule is CC(C)(CC1Cc2ccc(O)cc2NC1=O)C(=O)O. The second-order valence-corrected chi connectivity index (χ2v) is 5.62. The third-order valence-corrected chi connectivity index (χ3v) is 3.52. The molecular formula is C14H17NO4. The van der Waals surface area contributed by atoms with E-state index in [0.717, 1.165) is 5.56 Å². The number of rotatable bonds is 3. The monoisotopic (exact) mass is 263 g/mol. The number of carbonyl (C=O) groups excluding carboxylic acids is 1. The number of nitrogens with one attached hydrogen (secondary N) is 1. The van der Waals surface area contributed by atoms with Gasteiger partial charge in [0.25, 0.3) is 0 Å². The summed E-state index contributed by atoms with van der Waals surface area (Å²) in [6, 6.07) is 4.83. The Balaban J connectivity index is 2.20. The van der Waals surface area contributed by atoms with E-state index in [9.17, 15) is 14.7 Å². The number of fused-ring (bicyclic) bond motifs is 1. The van der Waals surface area contributed by atoms with Crippen LogP contribution in [0.25, 0.3) is 0 Å². The van der Waals surface area contributed by atoms with Gasteiger partial charge in [0.1, 0.15) is 5.75 Å². The molecule has 2 rings (SSSR count). The minimum atomic E-state index is -0.934. The van der Waals surface area contributed by atoms with Crippen molar-refractivity contribution in [1.82, 2.24) is 0 Å². The summed E-state index contributed by atoms with van der Waals surface area (Å²) >= 11 is 0. The highest BCUT2D eigenvalue weighted by Crippen LogP contribution is 2.34. The van der Waals surface area contributed by atoms with E-state index in [-0.39, 0.29) is 24.0 Å². The largest absolute Gasteiger partial charge is 0.508 e. The lowest BCUT2D eigenvalue weighted by molar-refractivity contribution is -0.148. The van der Waals surface area contributed by atoms with Crippen LogP contribution < -0.4 is 5.32 Å². The molecule has 5 nitrogen and oxygen atoms in total. The van der Waals surface area contributed by atoms with E-state index >= 15 is 0 Å². The minimum absolute atomic E-state index is 0.100. The molecule has 0 saturated heterocycles. The summed E-state index contributed by atoms with van der Waals surface area (Å²) in [5.41, 5.74) is 0.592. The first-order valence-electron chi connectivity index (χ1n) is 6.16. The summed E-state index contributed by atoms with van der Waals surface area (Å²) in [5.74, 6) is -1.35. The lowest BCUT2D eigenvalue weighted by Gasteiger charge is -2.29. The molecule has 0 bridgehead atoms. The fourth-order valence-electron chi connectivity index (χ4n) is 2.32. The lowest BCUT2D eigenvalue weighted by Crippen LogP contribution is -2.36. The smallest absolute Gasteiger partial charge is 0.309 e. The molecule has 1 aromatic rings. The van der Waals surface area contributed by atoms with Gasteiger partial charge < -0.3 is 15.5 Å². The van der Waals surface area contributed by atoms with Gasteiger partial charge in [-0.2, -0.15) is 0 Å². The molecule has 0 aliphatic carbocycles. The van der Waals surface area contributed by atoms with Crippen LogP contribution in [0.2, 0.25) is 0 Å². The van der Waals surface area contributed by atoms with Crippen molar-refractivity contribution in [3.8, 4) is 5.75 Å². The third-order valence-electron chi connectivity index (χ3n) is 3.52. The molecule has 1 aromatic carbocycles. The van der Waals surface area contributed by atoms with Gasteiger partial charge in [-0.15, -0.1) is 0 Å². The number of carboxylic acids is 1. The number of phenolic OH excluding ortho intramolecular Hbond substituents is 1. The predicted molar refractivity (Wildman–Crippen MR) is 70.0 cm³/mol. The molecule has 1 aliphatic rings. The molecule has 19 heavy (non-hydrogen) atoms. The highest BCUT2D eigenvalue weighted by molar-refractivity contribution is 5.96. The van der Waals surface area contributed by atoms with Gasteiger partial charge in [-0.3, -0.25) is 9.59 Å². The van der Waals surface area contributed by atoms with Crippen LogP contribution >= 0.6 is 0 Å². The van der Waals surface area contributed by atoms with Crippen molar-refractivity contribution in [1.29, 1.82) is 0 Å². The molecule has 1 amide bonds. The Morgan fingerprint density at radius 2 is 2.16 bits per heavy atom. The zero-order valence-corrected chi connectivity index (χ0v) is 10.9. The summed E-state index contributed by atoms with van der Waals surface area (Å²) in [6.45, 7) is 3.24. The van der Waals surface area contributed by atoms with Gasteiger partial charge in [0, 0.05) is 17.7 Å². The summed E-state index contributed by atoms with van der Waals surface area (Å²) < 4.78 is 0. The molecule has 5 heteroatoms. The number of amides is 1. The Bertz CT molecular complexity index is 536. The van der Waals surface area contributed by atoms with Crippen molar-refractivity contribution in [2.45, 2.75) is 26.7 Å². The number of hydrogen-bond donors (Lipinski definition) is 3. The summed E-state index contributed by atoms with van der Waals surface area (Å²) in [4.78, 5) is 23.1. The standard InChI is InChI=1S/C14H17NO4/c1-14(2,13(18)19)7-9-5-8-3-4-10(16)6-11(8)15-12(9)17/h3-4,6,9,16H,5,7H2,1-2H3,(H,15,17)(H,18,19). The van der Waals surface area contributed by atoms with Crippen LogP contribution in [0, 0.1) is 11.3 Å². The van der Waals surface area contributed by atoms with Gasteiger partial charge in [0.15, 0.2) is 0 Å². The van der Waals surface area contributed by atoms with Crippen LogP contribution in [0.4, 0.5) is 5.69 Å². The molecule has 0 aromatic heterocycles. The Morgan fingerprint density at radius 3 is 2.79 bits per heavy atom. The van der Waals surface area contributed by atoms with Gasteiger partial charge in [-0.05, 0) is 38.3 Å². The molecule has 0 fully saturated rings. The molecule has 1 atom stereocenters. The van der Waals surface area contributed by atoms with E-state index in [1.165, 1.54) is 6.07 Å². The number of carbonyl (C=O) groups is 2. The zero-order chi connectivity index (χ0) is 14.2. The van der Waals surface area contributed by atoms with Crippen LogP contribution in [0.5, 0.6) is 5.75 Å². The number of anilines is 1. The fourth-order valence-corrected chi connectivity index (χ4v) is 2.32. The van der Waals surface area contributed by atoms with Crippen molar-refractivity contribution in [3.05, 3.63) is 23.8 Å². The number of benzene rings is 1. The van der Waals surface area contributed by atoms with E-state index in [4.69, 9.17) is 5.11 Å². The minimum Gasteiger partial charge on any atom is -0.508 e. The topological polar surface area (TPSA) is 86.6 Å². The van der Waals surface area contributed by atoms with Gasteiger partial charge in [0.05, 0.1) is 5.41 Å². The van der Waals surface area contributed by atoms with E-state index in [2.05, 4.69) is 5.32 Å². The van der Waals surface area contributed by atoms with Gasteiger partial charge in [0.2, 0.25) is 5.91 Å². The second-order valence-electron chi connectivity index (χ2n) is 5.62. The first-order chi connectivity index (χ1) is 8.79. The van der Waals surface area contributed by atoms with Crippen LogP contribution in [0.15, 0.2) is 18.2 Å². The maximum Gasteiger partial charge on any atom is 0.309 e. The van der Waals surface area contributed by atoms with E-state index in [1.54, 1.807) is 26.0 Å². The van der Waals surface area contributed by atoms with Crippen LogP contribution in [0.3, 0.4) is 0 Å². The number of aliphatic carboxylic acids is 1. The van der Waals surface area contributed by atoms with Crippen molar-refractivity contribution in [2.75, 3.05) is 5.32 Å². The van der Waals surface area contributed by atoms with Crippen molar-refractivity contribution in [2.24, 2.45) is 11.3 Å². The maximum absolute atomic E-state index is 12.0. The Labute approximate surface area is 111 Å². The summed E-state index contributed by atoms with van der Waals surface area (Å²) in [5, 5.41) is 21.2. The van der Waals surface area contributed by atoms with E-state index < -0.39 is 11.4 Å². The Kier molecular flexibility index (Phi) is 3.22. The molecular weight excluding hydrogens is 246 g/mol. The van der Waals surface area contributed by atoms with E-state index in [1.807, 2.05) is 0 Å². The molecule has 0 saturated carbocycles. The van der Waals surface area contributed by atoms with Gasteiger partial charge in [-0.25, -0.2) is 0 Å². The maximum atomic E-state index is 12.0. The molecule has 1 heterocycles. The zero-order valence-electron chi connectivity index (χ0n) is 10.9.